The molecule has 1 aromatic carbocycles. The number of esters is 3. The number of methoxy groups -OCH3 is 1. The molecule has 0 amide bonds. The van der Waals surface area contributed by atoms with Gasteiger partial charge < -0.3 is 18.9 Å². The SMILES string of the molecule is CCOC(=O)/C=C/C(=O)OCCCC(=O)Oc1ccc(OC)cc1. The highest BCUT2D eigenvalue weighted by atomic mass is 16.5. The molecule has 1 aromatic rings. The highest BCUT2D eigenvalue weighted by Crippen LogP contribution is 2.17. The van der Waals surface area contributed by atoms with Gasteiger partial charge in [0.25, 0.3) is 0 Å². The van der Waals surface area contributed by atoms with Crippen LogP contribution in [0.1, 0.15) is 19.8 Å². The summed E-state index contributed by atoms with van der Waals surface area (Å²) in [5.41, 5.74) is 0. The molecular weight excluding hydrogens is 316 g/mol. The number of rotatable bonds is 9. The topological polar surface area (TPSA) is 88.1 Å². The third-order valence-electron chi connectivity index (χ3n) is 2.70. The molecule has 0 saturated carbocycles. The molecule has 7 nitrogen and oxygen atoms in total. The Kier molecular flexibility index (Phi) is 8.67. The van der Waals surface area contributed by atoms with E-state index < -0.39 is 17.9 Å². The van der Waals surface area contributed by atoms with Crippen LogP contribution in [0.2, 0.25) is 0 Å². The van der Waals surface area contributed by atoms with Crippen molar-refractivity contribution in [3.8, 4) is 11.5 Å². The Balaban J connectivity index is 2.20. The fourth-order valence-corrected chi connectivity index (χ4v) is 1.59. The minimum Gasteiger partial charge on any atom is -0.497 e. The van der Waals surface area contributed by atoms with Crippen LogP contribution in [0.5, 0.6) is 11.5 Å². The van der Waals surface area contributed by atoms with Gasteiger partial charge in [-0.05, 0) is 37.6 Å². The summed E-state index contributed by atoms with van der Waals surface area (Å²) in [7, 11) is 1.55. The maximum atomic E-state index is 11.6. The molecule has 0 N–H and O–H groups in total. The van der Waals surface area contributed by atoms with Gasteiger partial charge in [-0.15, -0.1) is 0 Å². The van der Waals surface area contributed by atoms with Crippen molar-refractivity contribution < 1.29 is 33.3 Å². The molecule has 130 valence electrons. The monoisotopic (exact) mass is 336 g/mol. The molecule has 0 radical (unpaired) electrons. The van der Waals surface area contributed by atoms with Crippen LogP contribution in [0.3, 0.4) is 0 Å². The van der Waals surface area contributed by atoms with Gasteiger partial charge in [0.1, 0.15) is 11.5 Å². The van der Waals surface area contributed by atoms with Gasteiger partial charge in [0, 0.05) is 18.6 Å². The Morgan fingerprint density at radius 2 is 1.54 bits per heavy atom. The van der Waals surface area contributed by atoms with Gasteiger partial charge in [0.05, 0.1) is 20.3 Å². The van der Waals surface area contributed by atoms with Crippen LogP contribution in [0.15, 0.2) is 36.4 Å². The van der Waals surface area contributed by atoms with Gasteiger partial charge in [-0.25, -0.2) is 9.59 Å². The van der Waals surface area contributed by atoms with E-state index in [1.807, 2.05) is 0 Å². The van der Waals surface area contributed by atoms with E-state index in [2.05, 4.69) is 4.74 Å². The minimum absolute atomic E-state index is 0.0453. The first-order valence-electron chi connectivity index (χ1n) is 7.41. The van der Waals surface area contributed by atoms with Crippen LogP contribution in [-0.4, -0.2) is 38.2 Å². The predicted molar refractivity (Wildman–Crippen MR) is 84.6 cm³/mol. The lowest BCUT2D eigenvalue weighted by Gasteiger charge is -2.05. The normalized spacial score (nSPS) is 10.2. The first-order valence-corrected chi connectivity index (χ1v) is 7.41. The van der Waals surface area contributed by atoms with Gasteiger partial charge >= 0.3 is 17.9 Å². The molecule has 7 heteroatoms. The zero-order valence-corrected chi connectivity index (χ0v) is 13.7. The summed E-state index contributed by atoms with van der Waals surface area (Å²) in [6, 6.07) is 6.61. The van der Waals surface area contributed by atoms with Crippen molar-refractivity contribution in [3.63, 3.8) is 0 Å². The Labute approximate surface area is 140 Å². The van der Waals surface area contributed by atoms with E-state index in [-0.39, 0.29) is 19.6 Å². The molecule has 0 aliphatic heterocycles. The summed E-state index contributed by atoms with van der Waals surface area (Å²) in [4.78, 5) is 33.9. The fraction of sp³-hybridized carbons (Fsp3) is 0.353. The van der Waals surface area contributed by atoms with E-state index in [0.717, 1.165) is 12.2 Å². The number of carbonyl (C=O) groups is 3. The van der Waals surface area contributed by atoms with E-state index in [1.165, 1.54) is 0 Å². The number of carbonyl (C=O) groups excluding carboxylic acids is 3. The van der Waals surface area contributed by atoms with Crippen LogP contribution in [0, 0.1) is 0 Å². The standard InChI is InChI=1S/C17H20O7/c1-3-22-15(18)10-11-16(19)23-12-4-5-17(20)24-14-8-6-13(21-2)7-9-14/h6-11H,3-5,12H2,1-2H3/b11-10+. The third-order valence-corrected chi connectivity index (χ3v) is 2.70. The number of benzene rings is 1. The molecule has 0 unspecified atom stereocenters. The van der Waals surface area contributed by atoms with Crippen LogP contribution < -0.4 is 9.47 Å². The second-order valence-corrected chi connectivity index (χ2v) is 4.51. The van der Waals surface area contributed by atoms with Crippen LogP contribution in [-0.2, 0) is 23.9 Å². The molecule has 0 fully saturated rings. The Morgan fingerprint density at radius 3 is 2.12 bits per heavy atom. The van der Waals surface area contributed by atoms with Crippen LogP contribution in [0.25, 0.3) is 0 Å². The summed E-state index contributed by atoms with van der Waals surface area (Å²) in [5, 5.41) is 0. The highest BCUT2D eigenvalue weighted by molar-refractivity contribution is 5.91. The van der Waals surface area contributed by atoms with E-state index in [1.54, 1.807) is 38.3 Å². The number of hydrogen-bond acceptors (Lipinski definition) is 7. The van der Waals surface area contributed by atoms with Crippen LogP contribution in [0.4, 0.5) is 0 Å². The highest BCUT2D eigenvalue weighted by Gasteiger charge is 2.06. The number of ether oxygens (including phenoxy) is 4. The zero-order valence-electron chi connectivity index (χ0n) is 13.7. The molecule has 0 heterocycles. The summed E-state index contributed by atoms with van der Waals surface area (Å²) >= 11 is 0. The zero-order chi connectivity index (χ0) is 17.8. The van der Waals surface area contributed by atoms with E-state index in [9.17, 15) is 14.4 Å². The first-order chi connectivity index (χ1) is 11.5. The van der Waals surface area contributed by atoms with E-state index in [4.69, 9.17) is 14.2 Å². The largest absolute Gasteiger partial charge is 0.497 e. The average Bonchev–Trinajstić information content (AvgIpc) is 2.58. The lowest BCUT2D eigenvalue weighted by atomic mass is 10.3. The lowest BCUT2D eigenvalue weighted by molar-refractivity contribution is -0.141. The molecular formula is C17H20O7. The quantitative estimate of drug-likeness (QED) is 0.295. The van der Waals surface area contributed by atoms with Crippen molar-refractivity contribution in [2.24, 2.45) is 0 Å². The molecule has 1 rings (SSSR count). The maximum Gasteiger partial charge on any atom is 0.331 e. The molecule has 0 atom stereocenters. The molecule has 0 bridgehead atoms. The van der Waals surface area contributed by atoms with Gasteiger partial charge in [0.2, 0.25) is 0 Å². The van der Waals surface area contributed by atoms with Gasteiger partial charge in [0.15, 0.2) is 0 Å². The number of hydrogen-bond donors (Lipinski definition) is 0. The summed E-state index contributed by atoms with van der Waals surface area (Å²) in [5.74, 6) is -0.643. The van der Waals surface area contributed by atoms with Crippen molar-refractivity contribution in [2.45, 2.75) is 19.8 Å². The molecule has 0 aliphatic carbocycles. The third kappa shape index (κ3) is 7.98. The average molecular weight is 336 g/mol. The molecule has 24 heavy (non-hydrogen) atoms. The second-order valence-electron chi connectivity index (χ2n) is 4.51. The first kappa shape index (κ1) is 19.2. The maximum absolute atomic E-state index is 11.6. The molecule has 0 spiro atoms. The minimum atomic E-state index is -0.674. The van der Waals surface area contributed by atoms with Crippen molar-refractivity contribution in [1.29, 1.82) is 0 Å². The Hall–Kier alpha value is -2.83. The molecule has 0 aliphatic rings. The van der Waals surface area contributed by atoms with Gasteiger partial charge in [-0.2, -0.15) is 0 Å². The van der Waals surface area contributed by atoms with Crippen molar-refractivity contribution in [3.05, 3.63) is 36.4 Å². The van der Waals surface area contributed by atoms with Crippen molar-refractivity contribution >= 4 is 17.9 Å². The van der Waals surface area contributed by atoms with Crippen molar-refractivity contribution in [1.82, 2.24) is 0 Å². The smallest absolute Gasteiger partial charge is 0.331 e. The Morgan fingerprint density at radius 1 is 0.958 bits per heavy atom. The van der Waals surface area contributed by atoms with Crippen LogP contribution >= 0.6 is 0 Å². The van der Waals surface area contributed by atoms with Gasteiger partial charge in [-0.1, -0.05) is 0 Å². The Bertz CT molecular complexity index is 575. The van der Waals surface area contributed by atoms with E-state index in [0.29, 0.717) is 17.9 Å². The second kappa shape index (κ2) is 10.8. The summed E-state index contributed by atoms with van der Waals surface area (Å²) < 4.78 is 19.6. The van der Waals surface area contributed by atoms with Crippen molar-refractivity contribution in [2.75, 3.05) is 20.3 Å². The van der Waals surface area contributed by atoms with E-state index >= 15 is 0 Å². The summed E-state index contributed by atoms with van der Waals surface area (Å²) in [6.07, 6.45) is 2.38. The lowest BCUT2D eigenvalue weighted by Crippen LogP contribution is -2.10. The summed E-state index contributed by atoms with van der Waals surface area (Å²) in [6.45, 7) is 1.94. The fourth-order valence-electron chi connectivity index (χ4n) is 1.59. The van der Waals surface area contributed by atoms with Gasteiger partial charge in [-0.3, -0.25) is 4.79 Å². The predicted octanol–water partition coefficient (Wildman–Crippen LogP) is 2.04. The molecule has 0 aromatic heterocycles. The molecule has 0 saturated heterocycles.